The summed E-state index contributed by atoms with van der Waals surface area (Å²) in [6.07, 6.45) is 1.94. The number of carbonyl (C=O) groups is 2. The molecule has 2 fully saturated rings. The van der Waals surface area contributed by atoms with Crippen LogP contribution < -0.4 is 10.1 Å². The number of ether oxygens (including phenoxy) is 1. The summed E-state index contributed by atoms with van der Waals surface area (Å²) in [4.78, 5) is 29.5. The molecule has 2 unspecified atom stereocenters. The Morgan fingerprint density at radius 2 is 1.80 bits per heavy atom. The van der Waals surface area contributed by atoms with Crippen LogP contribution in [0.4, 0.5) is 10.1 Å². The number of nitrogens with one attached hydrogen (secondary N) is 1. The molecule has 9 heteroatoms. The van der Waals surface area contributed by atoms with E-state index in [1.807, 2.05) is 17.0 Å². The number of aliphatic hydroxyl groups is 1. The van der Waals surface area contributed by atoms with Gasteiger partial charge < -0.3 is 20.1 Å². The molecule has 2 amide bonds. The van der Waals surface area contributed by atoms with E-state index in [0.717, 1.165) is 24.9 Å². The van der Waals surface area contributed by atoms with E-state index >= 15 is 0 Å². The molecule has 0 spiro atoms. The van der Waals surface area contributed by atoms with Crippen LogP contribution in [0.3, 0.4) is 0 Å². The molecule has 2 aliphatic rings. The third kappa shape index (κ3) is 6.72. The van der Waals surface area contributed by atoms with Crippen molar-refractivity contribution in [3.63, 3.8) is 0 Å². The highest BCUT2D eigenvalue weighted by molar-refractivity contribution is 6.31. The van der Waals surface area contributed by atoms with Gasteiger partial charge in [-0.2, -0.15) is 0 Å². The molecular weight excluding hydrogens is 473 g/mol. The van der Waals surface area contributed by atoms with Gasteiger partial charge in [-0.3, -0.25) is 14.5 Å². The van der Waals surface area contributed by atoms with Crippen LogP contribution in [0.2, 0.25) is 5.02 Å². The number of amides is 2. The molecule has 0 aromatic heterocycles. The first-order chi connectivity index (χ1) is 16.6. The summed E-state index contributed by atoms with van der Waals surface area (Å²) in [7, 11) is 0. The number of halogens is 2. The molecule has 2 heterocycles. The Balaban J connectivity index is 1.34. The number of carbonyl (C=O) groups excluding carboxylic acids is 2. The largest absolute Gasteiger partial charge is 0.482 e. The molecular formula is C26H31ClFN3O4. The minimum Gasteiger partial charge on any atom is -0.482 e. The number of fused-ring (bicyclic) bond motifs is 2. The van der Waals surface area contributed by atoms with Crippen LogP contribution in [-0.4, -0.2) is 64.1 Å². The lowest BCUT2D eigenvalue weighted by Crippen LogP contribution is -2.55. The normalized spacial score (nSPS) is 20.1. The van der Waals surface area contributed by atoms with E-state index in [0.29, 0.717) is 29.5 Å². The second kappa shape index (κ2) is 10.5. The van der Waals surface area contributed by atoms with E-state index in [1.165, 1.54) is 12.1 Å². The molecule has 2 bridgehead atoms. The molecule has 7 nitrogen and oxygen atoms in total. The molecule has 4 rings (SSSR count). The summed E-state index contributed by atoms with van der Waals surface area (Å²) in [5, 5.41) is 13.0. The lowest BCUT2D eigenvalue weighted by atomic mass is 10.1. The van der Waals surface area contributed by atoms with Gasteiger partial charge in [-0.25, -0.2) is 4.39 Å². The minimum absolute atomic E-state index is 0.0944. The van der Waals surface area contributed by atoms with Crippen molar-refractivity contribution >= 4 is 29.1 Å². The highest BCUT2D eigenvalue weighted by Crippen LogP contribution is 2.32. The Morgan fingerprint density at radius 1 is 1.14 bits per heavy atom. The van der Waals surface area contributed by atoms with Crippen LogP contribution in [0.5, 0.6) is 5.75 Å². The van der Waals surface area contributed by atoms with Gasteiger partial charge >= 0.3 is 0 Å². The maximum atomic E-state index is 13.2. The Hall–Kier alpha value is -2.68. The van der Waals surface area contributed by atoms with Crippen LogP contribution in [0.25, 0.3) is 0 Å². The van der Waals surface area contributed by atoms with E-state index < -0.39 is 5.60 Å². The summed E-state index contributed by atoms with van der Waals surface area (Å²) in [6.45, 7) is 4.92. The van der Waals surface area contributed by atoms with E-state index in [-0.39, 0.29) is 42.7 Å². The molecule has 2 N–H and O–H groups in total. The lowest BCUT2D eigenvalue weighted by Gasteiger charge is -2.41. The van der Waals surface area contributed by atoms with Gasteiger partial charge in [0.25, 0.3) is 5.91 Å². The van der Waals surface area contributed by atoms with Gasteiger partial charge in [0.05, 0.1) is 17.7 Å². The molecule has 35 heavy (non-hydrogen) atoms. The monoisotopic (exact) mass is 503 g/mol. The summed E-state index contributed by atoms with van der Waals surface area (Å²) < 4.78 is 19.0. The van der Waals surface area contributed by atoms with Crippen molar-refractivity contribution in [1.29, 1.82) is 0 Å². The van der Waals surface area contributed by atoms with Crippen LogP contribution in [0, 0.1) is 5.82 Å². The first kappa shape index (κ1) is 25.4. The van der Waals surface area contributed by atoms with Crippen molar-refractivity contribution < 1.29 is 23.8 Å². The molecule has 0 aliphatic carbocycles. The van der Waals surface area contributed by atoms with Gasteiger partial charge in [0.1, 0.15) is 11.6 Å². The van der Waals surface area contributed by atoms with Gasteiger partial charge in [-0.15, -0.1) is 0 Å². The number of benzene rings is 2. The molecule has 0 saturated carbocycles. The highest BCUT2D eigenvalue weighted by atomic mass is 35.5. The zero-order valence-electron chi connectivity index (χ0n) is 20.0. The van der Waals surface area contributed by atoms with Crippen molar-refractivity contribution in [1.82, 2.24) is 9.80 Å². The third-order valence-electron chi connectivity index (χ3n) is 6.42. The van der Waals surface area contributed by atoms with Crippen LogP contribution in [-0.2, 0) is 16.1 Å². The molecule has 2 atom stereocenters. The number of anilines is 1. The zero-order valence-corrected chi connectivity index (χ0v) is 20.7. The Kier molecular flexibility index (Phi) is 7.64. The van der Waals surface area contributed by atoms with Crippen molar-refractivity contribution in [3.05, 3.63) is 58.9 Å². The molecule has 2 aromatic rings. The molecule has 0 radical (unpaired) electrons. The number of hydrogen-bond donors (Lipinski definition) is 2. The number of likely N-dealkylation sites (tertiary alicyclic amines) is 1. The zero-order chi connectivity index (χ0) is 25.2. The van der Waals surface area contributed by atoms with E-state index in [9.17, 15) is 19.1 Å². The van der Waals surface area contributed by atoms with Crippen molar-refractivity contribution in [3.8, 4) is 5.75 Å². The first-order valence-electron chi connectivity index (χ1n) is 11.8. The second-order valence-electron chi connectivity index (χ2n) is 9.95. The Bertz CT molecular complexity index is 1060. The summed E-state index contributed by atoms with van der Waals surface area (Å²) in [6, 6.07) is 11.9. The standard InChI is InChI=1S/C26H31ClFN3O4/c1-26(2,34)12-24(32)29-22-11-18(27)5-10-23(22)35-16-25(33)30-14-20-8-9-21(15-30)31(20)13-17-3-6-19(28)7-4-17/h3-7,10-11,20-21,34H,8-9,12-16H2,1-2H3,(H,29,32). The lowest BCUT2D eigenvalue weighted by molar-refractivity contribution is -0.137. The summed E-state index contributed by atoms with van der Waals surface area (Å²) >= 11 is 6.08. The molecule has 2 aromatic carbocycles. The highest BCUT2D eigenvalue weighted by Gasteiger charge is 2.41. The number of hydrogen-bond acceptors (Lipinski definition) is 5. The van der Waals surface area contributed by atoms with Gasteiger partial charge in [0.15, 0.2) is 6.61 Å². The van der Waals surface area contributed by atoms with Gasteiger partial charge in [-0.1, -0.05) is 23.7 Å². The maximum Gasteiger partial charge on any atom is 0.260 e. The fraction of sp³-hybridized carbons (Fsp3) is 0.462. The van der Waals surface area contributed by atoms with Gasteiger partial charge in [-0.05, 0) is 62.6 Å². The molecule has 2 saturated heterocycles. The third-order valence-corrected chi connectivity index (χ3v) is 6.66. The summed E-state index contributed by atoms with van der Waals surface area (Å²) in [5.74, 6) is -0.408. The predicted molar refractivity (Wildman–Crippen MR) is 132 cm³/mol. The average molecular weight is 504 g/mol. The topological polar surface area (TPSA) is 82.1 Å². The smallest absolute Gasteiger partial charge is 0.260 e. The predicted octanol–water partition coefficient (Wildman–Crippen LogP) is 3.83. The quantitative estimate of drug-likeness (QED) is 0.572. The summed E-state index contributed by atoms with van der Waals surface area (Å²) in [5.41, 5.74) is 0.259. The number of rotatable bonds is 8. The van der Waals surface area contributed by atoms with E-state index in [2.05, 4.69) is 10.2 Å². The van der Waals surface area contributed by atoms with Crippen molar-refractivity contribution in [2.75, 3.05) is 25.0 Å². The van der Waals surface area contributed by atoms with Crippen LogP contribution >= 0.6 is 11.6 Å². The number of nitrogens with zero attached hydrogens (tertiary/aromatic N) is 2. The Morgan fingerprint density at radius 3 is 2.43 bits per heavy atom. The van der Waals surface area contributed by atoms with Gasteiger partial charge in [0.2, 0.25) is 5.91 Å². The molecule has 2 aliphatic heterocycles. The van der Waals surface area contributed by atoms with E-state index in [1.54, 1.807) is 32.0 Å². The first-order valence-corrected chi connectivity index (χ1v) is 12.2. The second-order valence-corrected chi connectivity index (χ2v) is 10.4. The van der Waals surface area contributed by atoms with Crippen LogP contribution in [0.1, 0.15) is 38.7 Å². The van der Waals surface area contributed by atoms with Crippen molar-refractivity contribution in [2.45, 2.75) is 57.3 Å². The fourth-order valence-corrected chi connectivity index (χ4v) is 4.97. The number of piperazine rings is 1. The average Bonchev–Trinajstić information content (AvgIpc) is 2.99. The van der Waals surface area contributed by atoms with Crippen LogP contribution in [0.15, 0.2) is 42.5 Å². The van der Waals surface area contributed by atoms with Crippen molar-refractivity contribution in [2.24, 2.45) is 0 Å². The van der Waals surface area contributed by atoms with E-state index in [4.69, 9.17) is 16.3 Å². The maximum absolute atomic E-state index is 13.2. The SMILES string of the molecule is CC(C)(O)CC(=O)Nc1cc(Cl)ccc1OCC(=O)N1CC2CCC(C1)N2Cc1ccc(F)cc1. The Labute approximate surface area is 209 Å². The fourth-order valence-electron chi connectivity index (χ4n) is 4.80. The van der Waals surface area contributed by atoms with Gasteiger partial charge in [0, 0.05) is 36.7 Å². The molecule has 188 valence electrons. The minimum atomic E-state index is -1.15.